The number of guanidine groups is 1. The Hall–Kier alpha value is -3.50. The van der Waals surface area contributed by atoms with Crippen molar-refractivity contribution in [2.24, 2.45) is 22.2 Å². The molecule has 0 aliphatic heterocycles. The number of hydrogen-bond donors (Lipinski definition) is 10. The number of nitrogens with one attached hydrogen (secondary N) is 3. The van der Waals surface area contributed by atoms with Crippen molar-refractivity contribution in [2.45, 2.75) is 49.9 Å². The second-order valence-corrected chi connectivity index (χ2v) is 6.87. The Kier molecular flexibility index (Phi) is 13.7. The smallest absolute Gasteiger partial charge is 0.326 e. The Morgan fingerprint density at radius 1 is 0.788 bits per heavy atom. The number of aliphatic carboxylic acids is 2. The lowest BCUT2D eigenvalue weighted by Gasteiger charge is -2.24. The van der Waals surface area contributed by atoms with Gasteiger partial charge in [-0.2, -0.15) is 0 Å². The number of rotatable bonds is 16. The molecule has 33 heavy (non-hydrogen) atoms. The second-order valence-electron chi connectivity index (χ2n) is 6.87. The molecule has 0 aliphatic rings. The molecule has 13 N–H and O–H groups in total. The largest absolute Gasteiger partial charge is 0.481 e. The number of aliphatic imine (C=N–C) groups is 1. The maximum atomic E-state index is 12.6. The van der Waals surface area contributed by atoms with E-state index >= 15 is 0 Å². The second kappa shape index (κ2) is 15.3. The fourth-order valence-electron chi connectivity index (χ4n) is 2.40. The molecule has 0 aromatic heterocycles. The Bertz CT molecular complexity index is 728. The topological polar surface area (TPSA) is 293 Å². The van der Waals surface area contributed by atoms with E-state index in [1.165, 1.54) is 0 Å². The molecule has 0 rings (SSSR count). The highest BCUT2D eigenvalue weighted by molar-refractivity contribution is 5.94. The summed E-state index contributed by atoms with van der Waals surface area (Å²) < 4.78 is 0. The summed E-state index contributed by atoms with van der Waals surface area (Å²) in [7, 11) is 0. The number of nitrogens with two attached hydrogens (primary N) is 3. The van der Waals surface area contributed by atoms with Crippen LogP contribution in [0, 0.1) is 0 Å². The molecule has 0 aromatic rings. The van der Waals surface area contributed by atoms with E-state index in [1.54, 1.807) is 0 Å². The molecule has 0 fully saturated rings. The average molecular weight is 477 g/mol. The molecule has 0 heterocycles. The van der Waals surface area contributed by atoms with Crippen molar-refractivity contribution in [1.82, 2.24) is 16.0 Å². The molecule has 0 aliphatic carbocycles. The summed E-state index contributed by atoms with van der Waals surface area (Å²) in [5, 5.41) is 42.9. The van der Waals surface area contributed by atoms with Crippen LogP contribution >= 0.6 is 0 Å². The fraction of sp³-hybridized carbons (Fsp3) is 0.647. The van der Waals surface area contributed by atoms with Gasteiger partial charge in [0.2, 0.25) is 17.7 Å². The van der Waals surface area contributed by atoms with Crippen LogP contribution in [0.5, 0.6) is 0 Å². The third-order valence-electron chi connectivity index (χ3n) is 4.19. The lowest BCUT2D eigenvalue weighted by atomic mass is 10.1. The molecule has 4 unspecified atom stereocenters. The van der Waals surface area contributed by atoms with E-state index in [1.807, 2.05) is 0 Å². The monoisotopic (exact) mass is 477 g/mol. The first kappa shape index (κ1) is 29.5. The zero-order valence-electron chi connectivity index (χ0n) is 17.8. The van der Waals surface area contributed by atoms with Crippen LogP contribution in [0.15, 0.2) is 4.99 Å². The van der Waals surface area contributed by atoms with Gasteiger partial charge in [-0.1, -0.05) is 0 Å². The molecule has 188 valence electrons. The Morgan fingerprint density at radius 2 is 1.33 bits per heavy atom. The zero-order chi connectivity index (χ0) is 25.6. The van der Waals surface area contributed by atoms with E-state index < -0.39 is 79.9 Å². The van der Waals surface area contributed by atoms with Crippen molar-refractivity contribution in [3.05, 3.63) is 0 Å². The van der Waals surface area contributed by atoms with Crippen LogP contribution in [0.4, 0.5) is 0 Å². The van der Waals surface area contributed by atoms with E-state index in [0.29, 0.717) is 0 Å². The molecule has 3 amide bonds. The summed E-state index contributed by atoms with van der Waals surface area (Å²) in [6, 6.07) is -5.81. The van der Waals surface area contributed by atoms with Gasteiger partial charge in [-0.25, -0.2) is 4.79 Å². The van der Waals surface area contributed by atoms with Gasteiger partial charge in [-0.15, -0.1) is 0 Å². The normalized spacial score (nSPS) is 14.2. The van der Waals surface area contributed by atoms with Gasteiger partial charge in [-0.3, -0.25) is 24.2 Å². The Labute approximate surface area is 188 Å². The van der Waals surface area contributed by atoms with E-state index in [2.05, 4.69) is 20.9 Å². The molecule has 0 radical (unpaired) electrons. The zero-order valence-corrected chi connectivity index (χ0v) is 17.8. The highest BCUT2D eigenvalue weighted by atomic mass is 16.4. The third-order valence-corrected chi connectivity index (χ3v) is 4.19. The van der Waals surface area contributed by atoms with Crippen molar-refractivity contribution in [2.75, 3.05) is 19.8 Å². The minimum Gasteiger partial charge on any atom is -0.481 e. The summed E-state index contributed by atoms with van der Waals surface area (Å²) in [4.78, 5) is 62.8. The van der Waals surface area contributed by atoms with Crippen molar-refractivity contribution in [3.63, 3.8) is 0 Å². The predicted octanol–water partition coefficient (Wildman–Crippen LogP) is -5.24. The van der Waals surface area contributed by atoms with Gasteiger partial charge >= 0.3 is 11.9 Å². The Morgan fingerprint density at radius 3 is 1.82 bits per heavy atom. The molecule has 0 spiro atoms. The first-order valence-electron chi connectivity index (χ1n) is 9.81. The number of amides is 3. The van der Waals surface area contributed by atoms with Gasteiger partial charge in [0.15, 0.2) is 5.96 Å². The first-order valence-corrected chi connectivity index (χ1v) is 9.81. The number of aliphatic hydroxyl groups is 2. The van der Waals surface area contributed by atoms with E-state index in [0.717, 1.165) is 0 Å². The molecule has 0 saturated carbocycles. The van der Waals surface area contributed by atoms with E-state index in [4.69, 9.17) is 27.4 Å². The molecule has 16 heteroatoms. The minimum atomic E-state index is -1.56. The molecule has 4 atom stereocenters. The standard InChI is InChI=1S/C17H31N7O9/c18-8(6-25)13(29)24-11(7-26)15(31)22-9(3-4-12(27)28)14(30)23-10(16(32)33)2-1-5-21-17(19)20/h8-11,25-26H,1-7,18H2,(H,22,31)(H,23,30)(H,24,29)(H,27,28)(H,32,33)(H4,19,20,21). The molecular weight excluding hydrogens is 446 g/mol. The van der Waals surface area contributed by atoms with Crippen molar-refractivity contribution < 1.29 is 44.4 Å². The number of hydrogen-bond acceptors (Lipinski definition) is 9. The summed E-state index contributed by atoms with van der Waals surface area (Å²) in [5.41, 5.74) is 15.7. The number of aliphatic hydroxyl groups excluding tert-OH is 2. The Balaban J connectivity index is 5.29. The minimum absolute atomic E-state index is 0.0637. The maximum Gasteiger partial charge on any atom is 0.326 e. The summed E-state index contributed by atoms with van der Waals surface area (Å²) >= 11 is 0. The SMILES string of the molecule is NC(N)=NCCCC(NC(=O)C(CCC(=O)O)NC(=O)C(CO)NC(=O)C(N)CO)C(=O)O. The van der Waals surface area contributed by atoms with Crippen LogP contribution in [-0.2, 0) is 24.0 Å². The van der Waals surface area contributed by atoms with Crippen LogP contribution in [-0.4, -0.2) is 100.0 Å². The van der Waals surface area contributed by atoms with Crippen LogP contribution in [0.25, 0.3) is 0 Å². The highest BCUT2D eigenvalue weighted by Crippen LogP contribution is 2.04. The number of carboxylic acids is 2. The van der Waals surface area contributed by atoms with Crippen LogP contribution in [0.1, 0.15) is 25.7 Å². The molecule has 0 bridgehead atoms. The van der Waals surface area contributed by atoms with Crippen molar-refractivity contribution in [1.29, 1.82) is 0 Å². The predicted molar refractivity (Wildman–Crippen MR) is 112 cm³/mol. The van der Waals surface area contributed by atoms with Gasteiger partial charge < -0.3 is 53.6 Å². The van der Waals surface area contributed by atoms with E-state index in [9.17, 15) is 34.2 Å². The highest BCUT2D eigenvalue weighted by Gasteiger charge is 2.30. The third kappa shape index (κ3) is 12.2. The fourth-order valence-corrected chi connectivity index (χ4v) is 2.40. The maximum absolute atomic E-state index is 12.6. The lowest BCUT2D eigenvalue weighted by molar-refractivity contribution is -0.143. The quantitative estimate of drug-likeness (QED) is 0.0566. The van der Waals surface area contributed by atoms with Gasteiger partial charge in [0.25, 0.3) is 0 Å². The van der Waals surface area contributed by atoms with Crippen LogP contribution in [0.3, 0.4) is 0 Å². The molecule has 0 saturated heterocycles. The number of carbonyl (C=O) groups is 5. The number of carboxylic acid groups (broad SMARTS) is 2. The average Bonchev–Trinajstić information content (AvgIpc) is 2.75. The number of nitrogens with zero attached hydrogens (tertiary/aromatic N) is 1. The van der Waals surface area contributed by atoms with E-state index in [-0.39, 0.29) is 25.3 Å². The van der Waals surface area contributed by atoms with Gasteiger partial charge in [0, 0.05) is 13.0 Å². The van der Waals surface area contributed by atoms with Crippen molar-refractivity contribution in [3.8, 4) is 0 Å². The first-order chi connectivity index (χ1) is 15.4. The summed E-state index contributed by atoms with van der Waals surface area (Å²) in [6.07, 6.45) is -0.821. The lowest BCUT2D eigenvalue weighted by Crippen LogP contribution is -2.58. The number of carbonyl (C=O) groups excluding carboxylic acids is 3. The van der Waals surface area contributed by atoms with Crippen LogP contribution in [0.2, 0.25) is 0 Å². The molecular formula is C17H31N7O9. The summed E-state index contributed by atoms with van der Waals surface area (Å²) in [6.45, 7) is -1.52. The van der Waals surface area contributed by atoms with Crippen LogP contribution < -0.4 is 33.2 Å². The van der Waals surface area contributed by atoms with Crippen molar-refractivity contribution >= 4 is 35.6 Å². The van der Waals surface area contributed by atoms with Gasteiger partial charge in [0.05, 0.1) is 13.2 Å². The summed E-state index contributed by atoms with van der Waals surface area (Å²) in [5.74, 6) is -5.85. The molecule has 0 aromatic carbocycles. The van der Waals surface area contributed by atoms with Gasteiger partial charge in [0.1, 0.15) is 24.2 Å². The molecule has 16 nitrogen and oxygen atoms in total. The van der Waals surface area contributed by atoms with Gasteiger partial charge in [-0.05, 0) is 19.3 Å².